The van der Waals surface area contributed by atoms with E-state index in [4.69, 9.17) is 15.2 Å². The number of benzene rings is 2. The van der Waals surface area contributed by atoms with Gasteiger partial charge in [-0.1, -0.05) is 30.3 Å². The minimum Gasteiger partial charge on any atom is -0.487 e. The number of nitrogens with two attached hydrogens (primary N) is 1. The van der Waals surface area contributed by atoms with E-state index < -0.39 is 5.97 Å². The number of carbonyl (C=O) groups excluding carboxylic acids is 2. The fraction of sp³-hybridized carbons (Fsp3) is 0.222. The van der Waals surface area contributed by atoms with Crippen LogP contribution in [0.25, 0.3) is 0 Å². The van der Waals surface area contributed by atoms with Gasteiger partial charge in [0.2, 0.25) is 0 Å². The molecule has 0 heterocycles. The molecule has 0 aromatic heterocycles. The van der Waals surface area contributed by atoms with Crippen molar-refractivity contribution in [3.8, 4) is 5.75 Å². The topological polar surface area (TPSA) is 78.6 Å². The number of anilines is 1. The van der Waals surface area contributed by atoms with Crippen LogP contribution in [0.4, 0.5) is 5.69 Å². The van der Waals surface area contributed by atoms with Crippen LogP contribution >= 0.6 is 0 Å². The zero-order valence-corrected chi connectivity index (χ0v) is 13.2. The average Bonchev–Trinajstić information content (AvgIpc) is 2.54. The second kappa shape index (κ2) is 7.45. The predicted molar refractivity (Wildman–Crippen MR) is 87.6 cm³/mol. The number of carbonyl (C=O) groups is 2. The molecular formula is C18H19NO4. The molecule has 120 valence electrons. The summed E-state index contributed by atoms with van der Waals surface area (Å²) in [6.45, 7) is 3.58. The molecule has 0 amide bonds. The molecule has 0 aliphatic carbocycles. The summed E-state index contributed by atoms with van der Waals surface area (Å²) in [6, 6.07) is 12.7. The highest BCUT2D eigenvalue weighted by atomic mass is 16.5. The number of hydrogen-bond donors (Lipinski definition) is 1. The molecule has 2 N–H and O–H groups in total. The number of ether oxygens (including phenoxy) is 2. The molecule has 0 aliphatic rings. The Kier molecular flexibility index (Phi) is 5.36. The number of Topliss-reactive ketones (excluding diaryl/α,β-unsaturated/α-hetero) is 1. The molecule has 0 atom stereocenters. The van der Waals surface area contributed by atoms with Crippen molar-refractivity contribution < 1.29 is 19.1 Å². The van der Waals surface area contributed by atoms with E-state index in [1.165, 1.54) is 13.0 Å². The fourth-order valence-corrected chi connectivity index (χ4v) is 2.18. The summed E-state index contributed by atoms with van der Waals surface area (Å²) < 4.78 is 10.7. The van der Waals surface area contributed by atoms with Crippen LogP contribution in [0.5, 0.6) is 5.75 Å². The SMILES string of the molecule is CCOC(=O)c1c(C(C)=O)ccc(OCc2ccccc2)c1N. The number of hydrogen-bond acceptors (Lipinski definition) is 5. The van der Waals surface area contributed by atoms with Crippen molar-refractivity contribution in [2.75, 3.05) is 12.3 Å². The third-order valence-corrected chi connectivity index (χ3v) is 3.30. The Labute approximate surface area is 135 Å². The van der Waals surface area contributed by atoms with Crippen molar-refractivity contribution in [1.29, 1.82) is 0 Å². The van der Waals surface area contributed by atoms with Gasteiger partial charge in [-0.25, -0.2) is 4.79 Å². The van der Waals surface area contributed by atoms with Crippen LogP contribution < -0.4 is 10.5 Å². The van der Waals surface area contributed by atoms with E-state index in [0.29, 0.717) is 12.4 Å². The lowest BCUT2D eigenvalue weighted by molar-refractivity contribution is 0.0524. The Morgan fingerprint density at radius 2 is 1.78 bits per heavy atom. The fourth-order valence-electron chi connectivity index (χ4n) is 2.18. The summed E-state index contributed by atoms with van der Waals surface area (Å²) in [7, 11) is 0. The van der Waals surface area contributed by atoms with E-state index in [0.717, 1.165) is 5.56 Å². The van der Waals surface area contributed by atoms with Gasteiger partial charge in [-0.05, 0) is 31.5 Å². The maximum atomic E-state index is 12.1. The van der Waals surface area contributed by atoms with Crippen molar-refractivity contribution in [3.05, 3.63) is 59.2 Å². The predicted octanol–water partition coefficient (Wildman–Crippen LogP) is 3.23. The van der Waals surface area contributed by atoms with E-state index in [1.54, 1.807) is 13.0 Å². The van der Waals surface area contributed by atoms with Crippen LogP contribution in [0.2, 0.25) is 0 Å². The van der Waals surface area contributed by atoms with Crippen LogP contribution in [-0.2, 0) is 11.3 Å². The molecule has 5 nitrogen and oxygen atoms in total. The normalized spacial score (nSPS) is 10.2. The largest absolute Gasteiger partial charge is 0.487 e. The molecule has 0 aliphatic heterocycles. The van der Waals surface area contributed by atoms with Crippen molar-refractivity contribution >= 4 is 17.4 Å². The highest BCUT2D eigenvalue weighted by Crippen LogP contribution is 2.30. The zero-order chi connectivity index (χ0) is 16.8. The quantitative estimate of drug-likeness (QED) is 0.503. The molecular weight excluding hydrogens is 294 g/mol. The summed E-state index contributed by atoms with van der Waals surface area (Å²) in [4.78, 5) is 23.8. The molecule has 0 spiro atoms. The van der Waals surface area contributed by atoms with Gasteiger partial charge in [0, 0.05) is 5.56 Å². The lowest BCUT2D eigenvalue weighted by atomic mass is 10.0. The van der Waals surface area contributed by atoms with Gasteiger partial charge in [-0.3, -0.25) is 4.79 Å². The van der Waals surface area contributed by atoms with E-state index >= 15 is 0 Å². The first kappa shape index (κ1) is 16.5. The number of rotatable bonds is 6. The highest BCUT2D eigenvalue weighted by molar-refractivity contribution is 6.09. The van der Waals surface area contributed by atoms with Crippen LogP contribution in [0, 0.1) is 0 Å². The monoisotopic (exact) mass is 313 g/mol. The van der Waals surface area contributed by atoms with E-state index in [2.05, 4.69) is 0 Å². The maximum Gasteiger partial charge on any atom is 0.341 e. The molecule has 0 unspecified atom stereocenters. The summed E-state index contributed by atoms with van der Waals surface area (Å²) in [5, 5.41) is 0. The number of esters is 1. The molecule has 5 heteroatoms. The third-order valence-electron chi connectivity index (χ3n) is 3.30. The van der Waals surface area contributed by atoms with Gasteiger partial charge in [-0.15, -0.1) is 0 Å². The van der Waals surface area contributed by atoms with E-state index in [-0.39, 0.29) is 29.2 Å². The van der Waals surface area contributed by atoms with Gasteiger partial charge in [0.15, 0.2) is 5.78 Å². The van der Waals surface area contributed by atoms with Gasteiger partial charge >= 0.3 is 5.97 Å². The summed E-state index contributed by atoms with van der Waals surface area (Å²) in [6.07, 6.45) is 0. The van der Waals surface area contributed by atoms with E-state index in [1.807, 2.05) is 30.3 Å². The van der Waals surface area contributed by atoms with Gasteiger partial charge in [0.1, 0.15) is 12.4 Å². The summed E-state index contributed by atoms with van der Waals surface area (Å²) in [5.74, 6) is -0.531. The van der Waals surface area contributed by atoms with Crippen molar-refractivity contribution in [2.45, 2.75) is 20.5 Å². The Balaban J connectivity index is 2.32. The summed E-state index contributed by atoms with van der Waals surface area (Å²) in [5.41, 5.74) is 7.42. The Hall–Kier alpha value is -2.82. The number of ketones is 1. The molecule has 0 bridgehead atoms. The molecule has 0 fully saturated rings. The van der Waals surface area contributed by atoms with Gasteiger partial charge < -0.3 is 15.2 Å². The van der Waals surface area contributed by atoms with Crippen molar-refractivity contribution in [2.24, 2.45) is 0 Å². The van der Waals surface area contributed by atoms with Crippen LogP contribution in [-0.4, -0.2) is 18.4 Å². The standard InChI is InChI=1S/C18H19NO4/c1-3-22-18(21)16-14(12(2)20)9-10-15(17(16)19)23-11-13-7-5-4-6-8-13/h4-10H,3,11,19H2,1-2H3. The molecule has 23 heavy (non-hydrogen) atoms. The summed E-state index contributed by atoms with van der Waals surface area (Å²) >= 11 is 0. The lowest BCUT2D eigenvalue weighted by Gasteiger charge is -2.14. The molecule has 0 saturated carbocycles. The first-order valence-electron chi connectivity index (χ1n) is 7.31. The Morgan fingerprint density at radius 1 is 1.09 bits per heavy atom. The maximum absolute atomic E-state index is 12.1. The van der Waals surface area contributed by atoms with Gasteiger partial charge in [0.05, 0.1) is 17.9 Å². The van der Waals surface area contributed by atoms with Gasteiger partial charge in [-0.2, -0.15) is 0 Å². The van der Waals surface area contributed by atoms with Crippen LogP contribution in [0.3, 0.4) is 0 Å². The first-order valence-corrected chi connectivity index (χ1v) is 7.31. The molecule has 2 rings (SSSR count). The molecule has 0 radical (unpaired) electrons. The Morgan fingerprint density at radius 3 is 2.39 bits per heavy atom. The van der Waals surface area contributed by atoms with Crippen molar-refractivity contribution in [1.82, 2.24) is 0 Å². The minimum absolute atomic E-state index is 0.0601. The minimum atomic E-state index is -0.625. The van der Waals surface area contributed by atoms with Gasteiger partial charge in [0.25, 0.3) is 0 Å². The molecule has 2 aromatic carbocycles. The molecule has 2 aromatic rings. The Bertz CT molecular complexity index is 710. The van der Waals surface area contributed by atoms with Crippen molar-refractivity contribution in [3.63, 3.8) is 0 Å². The number of nitrogen functional groups attached to an aromatic ring is 1. The highest BCUT2D eigenvalue weighted by Gasteiger charge is 2.22. The second-order valence-corrected chi connectivity index (χ2v) is 4.95. The average molecular weight is 313 g/mol. The lowest BCUT2D eigenvalue weighted by Crippen LogP contribution is -2.14. The second-order valence-electron chi connectivity index (χ2n) is 4.95. The van der Waals surface area contributed by atoms with Crippen LogP contribution in [0.1, 0.15) is 40.1 Å². The third kappa shape index (κ3) is 3.88. The molecule has 0 saturated heterocycles. The van der Waals surface area contributed by atoms with E-state index in [9.17, 15) is 9.59 Å². The zero-order valence-electron chi connectivity index (χ0n) is 13.2. The first-order chi connectivity index (χ1) is 11.0. The smallest absolute Gasteiger partial charge is 0.341 e. The van der Waals surface area contributed by atoms with Crippen LogP contribution in [0.15, 0.2) is 42.5 Å².